The van der Waals surface area contributed by atoms with Crippen LogP contribution in [0.3, 0.4) is 0 Å². The number of rotatable bonds is 3. The molecule has 2 nitrogen and oxygen atoms in total. The van der Waals surface area contributed by atoms with Crippen LogP contribution < -0.4 is 0 Å². The molecule has 1 aromatic rings. The Kier molecular flexibility index (Phi) is 4.82. The van der Waals surface area contributed by atoms with Crippen LogP contribution in [-0.2, 0) is 12.6 Å². The number of aliphatic imine (C=N–C) groups is 1. The van der Waals surface area contributed by atoms with Crippen LogP contribution in [0.5, 0.6) is 0 Å². The summed E-state index contributed by atoms with van der Waals surface area (Å²) in [5, 5.41) is 9.56. The van der Waals surface area contributed by atoms with Crippen molar-refractivity contribution < 1.29 is 13.2 Å². The fourth-order valence-corrected chi connectivity index (χ4v) is 1.67. The van der Waals surface area contributed by atoms with Gasteiger partial charge in [0.05, 0.1) is 23.7 Å². The zero-order valence-electron chi connectivity index (χ0n) is 8.83. The number of nitriles is 1. The van der Waals surface area contributed by atoms with E-state index in [1.807, 2.05) is 0 Å². The summed E-state index contributed by atoms with van der Waals surface area (Å²) < 4.78 is 38.4. The molecule has 0 unspecified atom stereocenters. The van der Waals surface area contributed by atoms with E-state index in [1.165, 1.54) is 17.6 Å². The van der Waals surface area contributed by atoms with Gasteiger partial charge < -0.3 is 0 Å². The summed E-state index contributed by atoms with van der Waals surface area (Å²) in [4.78, 5) is 3.71. The Morgan fingerprint density at radius 1 is 1.44 bits per heavy atom. The van der Waals surface area contributed by atoms with E-state index in [0.717, 1.165) is 6.07 Å². The van der Waals surface area contributed by atoms with Crippen molar-refractivity contribution in [3.05, 3.63) is 28.3 Å². The standard InChI is InChI=1S/C11H6ClF3N2S/c12-10-6-7(17-3-4-18)5-9(11(13,14)15)8(10)1-2-16/h3-6H,1H2. The van der Waals surface area contributed by atoms with Crippen LogP contribution in [-0.4, -0.2) is 11.6 Å². The highest BCUT2D eigenvalue weighted by Gasteiger charge is 2.34. The molecule has 0 amide bonds. The van der Waals surface area contributed by atoms with Crippen molar-refractivity contribution in [3.8, 4) is 6.07 Å². The zero-order valence-corrected chi connectivity index (χ0v) is 10.4. The van der Waals surface area contributed by atoms with E-state index < -0.39 is 18.2 Å². The van der Waals surface area contributed by atoms with Crippen LogP contribution in [0.1, 0.15) is 11.1 Å². The largest absolute Gasteiger partial charge is 0.416 e. The lowest BCUT2D eigenvalue weighted by Gasteiger charge is -2.13. The van der Waals surface area contributed by atoms with Gasteiger partial charge in [-0.3, -0.25) is 4.99 Å². The lowest BCUT2D eigenvalue weighted by atomic mass is 10.0. The number of hydrogen-bond acceptors (Lipinski definition) is 3. The van der Waals surface area contributed by atoms with E-state index >= 15 is 0 Å². The number of hydrogen-bond donors (Lipinski definition) is 0. The third-order valence-electron chi connectivity index (χ3n) is 2.03. The maximum Gasteiger partial charge on any atom is 0.416 e. The number of benzene rings is 1. The molecule has 1 aromatic carbocycles. The molecule has 0 bridgehead atoms. The van der Waals surface area contributed by atoms with E-state index in [1.54, 1.807) is 6.07 Å². The number of halogens is 4. The average Bonchev–Trinajstić information content (AvgIpc) is 2.28. The van der Waals surface area contributed by atoms with Crippen molar-refractivity contribution in [2.45, 2.75) is 12.6 Å². The molecule has 0 aliphatic carbocycles. The van der Waals surface area contributed by atoms with Gasteiger partial charge in [-0.25, -0.2) is 0 Å². The summed E-state index contributed by atoms with van der Waals surface area (Å²) >= 11 is 10.2. The van der Waals surface area contributed by atoms with Crippen LogP contribution in [0, 0.1) is 11.3 Å². The fraction of sp³-hybridized carbons (Fsp3) is 0.182. The maximum atomic E-state index is 12.8. The van der Waals surface area contributed by atoms with E-state index in [4.69, 9.17) is 16.9 Å². The molecule has 0 N–H and O–H groups in total. The van der Waals surface area contributed by atoms with Crippen molar-refractivity contribution in [2.75, 3.05) is 0 Å². The van der Waals surface area contributed by atoms with E-state index in [2.05, 4.69) is 17.2 Å². The maximum absolute atomic E-state index is 12.8. The quantitative estimate of drug-likeness (QED) is 0.620. The monoisotopic (exact) mass is 290 g/mol. The molecular weight excluding hydrogens is 285 g/mol. The predicted octanol–water partition coefficient (Wildman–Crippen LogP) is 4.13. The fourth-order valence-electron chi connectivity index (χ4n) is 1.32. The number of thiocarbonyl (C=S) groups is 1. The van der Waals surface area contributed by atoms with Crippen LogP contribution >= 0.6 is 23.8 Å². The highest BCUT2D eigenvalue weighted by Crippen LogP contribution is 2.38. The predicted molar refractivity (Wildman–Crippen MR) is 67.6 cm³/mol. The van der Waals surface area contributed by atoms with Crippen molar-refractivity contribution >= 4 is 41.1 Å². The minimum atomic E-state index is -4.58. The van der Waals surface area contributed by atoms with Gasteiger partial charge in [0.15, 0.2) is 0 Å². The molecule has 1 rings (SSSR count). The summed E-state index contributed by atoms with van der Waals surface area (Å²) in [6, 6.07) is 3.76. The van der Waals surface area contributed by atoms with Gasteiger partial charge in [0.2, 0.25) is 0 Å². The Morgan fingerprint density at radius 3 is 2.61 bits per heavy atom. The molecule has 0 spiro atoms. The number of nitrogens with zero attached hydrogens (tertiary/aromatic N) is 2. The Morgan fingerprint density at radius 2 is 2.11 bits per heavy atom. The first-order valence-corrected chi connectivity index (χ1v) is 5.49. The molecule has 0 saturated carbocycles. The second kappa shape index (κ2) is 5.94. The summed E-state index contributed by atoms with van der Waals surface area (Å²) in [6.07, 6.45) is -3.81. The Balaban J connectivity index is 3.42. The van der Waals surface area contributed by atoms with Crippen molar-refractivity contribution in [2.24, 2.45) is 4.99 Å². The Labute approximate surface area is 112 Å². The lowest BCUT2D eigenvalue weighted by molar-refractivity contribution is -0.138. The van der Waals surface area contributed by atoms with Crippen molar-refractivity contribution in [1.29, 1.82) is 5.26 Å². The third-order valence-corrected chi connectivity index (χ3v) is 2.48. The zero-order chi connectivity index (χ0) is 13.8. The molecule has 0 aliphatic heterocycles. The topological polar surface area (TPSA) is 36.1 Å². The number of alkyl halides is 3. The normalized spacial score (nSPS) is 11.5. The summed E-state index contributed by atoms with van der Waals surface area (Å²) in [5.74, 6) is 0. The molecule has 94 valence electrons. The molecule has 0 aromatic heterocycles. The molecule has 0 atom stereocenters. The molecule has 18 heavy (non-hydrogen) atoms. The summed E-state index contributed by atoms with van der Waals surface area (Å²) in [5.41, 5.74) is -1.16. The van der Waals surface area contributed by atoms with Crippen LogP contribution in [0.15, 0.2) is 17.1 Å². The van der Waals surface area contributed by atoms with Gasteiger partial charge in [-0.05, 0) is 17.7 Å². The van der Waals surface area contributed by atoms with Crippen molar-refractivity contribution in [1.82, 2.24) is 0 Å². The summed E-state index contributed by atoms with van der Waals surface area (Å²) in [7, 11) is 0. The highest BCUT2D eigenvalue weighted by atomic mass is 35.5. The smallest absolute Gasteiger partial charge is 0.256 e. The first-order chi connectivity index (χ1) is 8.40. The van der Waals surface area contributed by atoms with E-state index in [0.29, 0.717) is 0 Å². The molecule has 0 heterocycles. The van der Waals surface area contributed by atoms with Crippen LogP contribution in [0.25, 0.3) is 0 Å². The lowest BCUT2D eigenvalue weighted by Crippen LogP contribution is -2.09. The average molecular weight is 291 g/mol. The molecular formula is C11H6ClF3N2S. The van der Waals surface area contributed by atoms with Crippen LogP contribution in [0.4, 0.5) is 18.9 Å². The van der Waals surface area contributed by atoms with Crippen molar-refractivity contribution in [3.63, 3.8) is 0 Å². The summed E-state index contributed by atoms with van der Waals surface area (Å²) in [6.45, 7) is 0. The molecule has 0 aliphatic rings. The first-order valence-electron chi connectivity index (χ1n) is 4.64. The van der Waals surface area contributed by atoms with Gasteiger partial charge in [0.1, 0.15) is 0 Å². The van der Waals surface area contributed by atoms with Crippen LogP contribution in [0.2, 0.25) is 5.02 Å². The second-order valence-corrected chi connectivity index (χ2v) is 3.88. The van der Waals surface area contributed by atoms with Gasteiger partial charge >= 0.3 is 6.18 Å². The van der Waals surface area contributed by atoms with E-state index in [9.17, 15) is 13.2 Å². The van der Waals surface area contributed by atoms with Gasteiger partial charge in [-0.1, -0.05) is 23.8 Å². The van der Waals surface area contributed by atoms with Gasteiger partial charge in [-0.15, -0.1) is 0 Å². The molecule has 0 radical (unpaired) electrons. The first kappa shape index (κ1) is 14.6. The minimum absolute atomic E-state index is 0.0371. The van der Waals surface area contributed by atoms with Gasteiger partial charge in [0, 0.05) is 16.6 Å². The van der Waals surface area contributed by atoms with E-state index in [-0.39, 0.29) is 16.3 Å². The Hall–Kier alpha value is -1.45. The third kappa shape index (κ3) is 3.52. The minimum Gasteiger partial charge on any atom is -0.256 e. The Bertz CT molecular complexity index is 532. The molecule has 0 fully saturated rings. The van der Waals surface area contributed by atoms with Gasteiger partial charge in [-0.2, -0.15) is 18.4 Å². The molecule has 7 heteroatoms. The SMILES string of the molecule is N#CCc1c(Cl)cc(N=CC=S)cc1C(F)(F)F. The van der Waals surface area contributed by atoms with Gasteiger partial charge in [0.25, 0.3) is 0 Å². The second-order valence-electron chi connectivity index (χ2n) is 3.20. The highest BCUT2D eigenvalue weighted by molar-refractivity contribution is 7.80. The molecule has 0 saturated heterocycles.